The number of nitrogen functional groups attached to an aromatic ring is 1. The number of nitrogens with two attached hydrogens (primary N) is 1. The first kappa shape index (κ1) is 13.3. The number of methoxy groups -OCH3 is 1. The molecule has 1 aromatic heterocycles. The fraction of sp³-hybridized carbons (Fsp3) is 0.462. The largest absolute Gasteiger partial charge is 0.496 e. The molecule has 0 unspecified atom stereocenters. The first-order valence-electron chi connectivity index (χ1n) is 6.32. The first-order chi connectivity index (χ1) is 9.11. The fourth-order valence-electron chi connectivity index (χ4n) is 1.82. The molecular formula is C13H19N5O. The predicted octanol–water partition coefficient (Wildman–Crippen LogP) is 1.98. The average molecular weight is 261 g/mol. The number of benzene rings is 1. The molecule has 0 saturated heterocycles. The van der Waals surface area contributed by atoms with E-state index in [0.29, 0.717) is 23.2 Å². The number of aryl methyl sites for hydroxylation is 1. The Morgan fingerprint density at radius 2 is 2.16 bits per heavy atom. The quantitative estimate of drug-likeness (QED) is 0.832. The lowest BCUT2D eigenvalue weighted by molar-refractivity contribution is 0.415. The molecule has 102 valence electrons. The molecule has 0 spiro atoms. The van der Waals surface area contributed by atoms with Crippen LogP contribution in [0.25, 0.3) is 11.4 Å². The van der Waals surface area contributed by atoms with Crippen LogP contribution in [0.3, 0.4) is 0 Å². The summed E-state index contributed by atoms with van der Waals surface area (Å²) in [6.45, 7) is 5.13. The van der Waals surface area contributed by atoms with E-state index >= 15 is 0 Å². The maximum Gasteiger partial charge on any atom is 0.185 e. The standard InChI is InChI=1S/C13H19N5O/c1-9(2)6-7-18-13(15-16-17-18)11-5-4-10(14)8-12(11)19-3/h4-5,8-9H,6-7,14H2,1-3H3. The van der Waals surface area contributed by atoms with Crippen molar-refractivity contribution in [1.29, 1.82) is 0 Å². The van der Waals surface area contributed by atoms with Crippen LogP contribution >= 0.6 is 0 Å². The molecule has 0 aliphatic rings. The Morgan fingerprint density at radius 1 is 1.37 bits per heavy atom. The van der Waals surface area contributed by atoms with E-state index in [9.17, 15) is 0 Å². The van der Waals surface area contributed by atoms with E-state index in [1.165, 1.54) is 0 Å². The summed E-state index contributed by atoms with van der Waals surface area (Å²) in [5, 5.41) is 11.9. The monoisotopic (exact) mass is 261 g/mol. The molecule has 0 bridgehead atoms. The number of nitrogens with zero attached hydrogens (tertiary/aromatic N) is 4. The van der Waals surface area contributed by atoms with Crippen molar-refractivity contribution in [2.45, 2.75) is 26.8 Å². The van der Waals surface area contributed by atoms with E-state index in [1.54, 1.807) is 17.9 Å². The number of tetrazole rings is 1. The molecule has 0 radical (unpaired) electrons. The van der Waals surface area contributed by atoms with Gasteiger partial charge in [0.1, 0.15) is 5.75 Å². The molecule has 0 aliphatic heterocycles. The lowest BCUT2D eigenvalue weighted by Gasteiger charge is -2.10. The third kappa shape index (κ3) is 3.01. The van der Waals surface area contributed by atoms with Crippen LogP contribution in [0, 0.1) is 5.92 Å². The topological polar surface area (TPSA) is 78.8 Å². The SMILES string of the molecule is COc1cc(N)ccc1-c1nnnn1CCC(C)C. The molecule has 6 heteroatoms. The van der Waals surface area contributed by atoms with E-state index in [-0.39, 0.29) is 0 Å². The van der Waals surface area contributed by atoms with Crippen LogP contribution in [0.2, 0.25) is 0 Å². The first-order valence-corrected chi connectivity index (χ1v) is 6.32. The van der Waals surface area contributed by atoms with Gasteiger partial charge < -0.3 is 10.5 Å². The number of hydrogen-bond donors (Lipinski definition) is 1. The predicted molar refractivity (Wildman–Crippen MR) is 73.7 cm³/mol. The van der Waals surface area contributed by atoms with Crippen LogP contribution in [0.15, 0.2) is 18.2 Å². The maximum atomic E-state index is 5.75. The summed E-state index contributed by atoms with van der Waals surface area (Å²) in [4.78, 5) is 0. The number of ether oxygens (including phenoxy) is 1. The van der Waals surface area contributed by atoms with Gasteiger partial charge in [-0.15, -0.1) is 5.10 Å². The molecule has 2 aromatic rings. The van der Waals surface area contributed by atoms with E-state index in [2.05, 4.69) is 29.4 Å². The summed E-state index contributed by atoms with van der Waals surface area (Å²) < 4.78 is 7.14. The van der Waals surface area contributed by atoms with E-state index in [0.717, 1.165) is 18.5 Å². The summed E-state index contributed by atoms with van der Waals surface area (Å²) in [6, 6.07) is 5.47. The Morgan fingerprint density at radius 3 is 2.84 bits per heavy atom. The van der Waals surface area contributed by atoms with Crippen LogP contribution < -0.4 is 10.5 Å². The number of rotatable bonds is 5. The lowest BCUT2D eigenvalue weighted by Crippen LogP contribution is -2.06. The Hall–Kier alpha value is -2.11. The lowest BCUT2D eigenvalue weighted by atomic mass is 10.1. The number of aromatic nitrogens is 4. The second-order valence-corrected chi connectivity index (χ2v) is 4.87. The van der Waals surface area contributed by atoms with Crippen LogP contribution in [-0.4, -0.2) is 27.3 Å². The van der Waals surface area contributed by atoms with Crippen molar-refractivity contribution in [2.75, 3.05) is 12.8 Å². The summed E-state index contributed by atoms with van der Waals surface area (Å²) in [7, 11) is 1.61. The minimum absolute atomic E-state index is 0.602. The van der Waals surface area contributed by atoms with Gasteiger partial charge in [0.05, 0.1) is 12.7 Å². The Balaban J connectivity index is 2.34. The van der Waals surface area contributed by atoms with E-state index < -0.39 is 0 Å². The van der Waals surface area contributed by atoms with Gasteiger partial charge in [0.25, 0.3) is 0 Å². The zero-order valence-electron chi connectivity index (χ0n) is 11.5. The van der Waals surface area contributed by atoms with Gasteiger partial charge in [-0.25, -0.2) is 4.68 Å². The number of anilines is 1. The molecule has 1 aromatic carbocycles. The smallest absolute Gasteiger partial charge is 0.185 e. The third-order valence-electron chi connectivity index (χ3n) is 2.92. The van der Waals surface area contributed by atoms with Crippen LogP contribution in [0.1, 0.15) is 20.3 Å². The zero-order chi connectivity index (χ0) is 13.8. The Kier molecular flexibility index (Phi) is 3.99. The highest BCUT2D eigenvalue weighted by Crippen LogP contribution is 2.30. The van der Waals surface area contributed by atoms with Gasteiger partial charge in [-0.05, 0) is 34.9 Å². The van der Waals surface area contributed by atoms with Gasteiger partial charge in [0, 0.05) is 18.3 Å². The fourth-order valence-corrected chi connectivity index (χ4v) is 1.82. The molecule has 6 nitrogen and oxygen atoms in total. The molecule has 0 amide bonds. The van der Waals surface area contributed by atoms with Gasteiger partial charge >= 0.3 is 0 Å². The molecular weight excluding hydrogens is 242 g/mol. The van der Waals surface area contributed by atoms with Crippen molar-refractivity contribution in [3.05, 3.63) is 18.2 Å². The highest BCUT2D eigenvalue weighted by Gasteiger charge is 2.14. The summed E-state index contributed by atoms with van der Waals surface area (Å²) in [5.41, 5.74) is 7.26. The Labute approximate surface area is 112 Å². The average Bonchev–Trinajstić information content (AvgIpc) is 2.84. The molecule has 0 atom stereocenters. The van der Waals surface area contributed by atoms with Crippen molar-refractivity contribution in [1.82, 2.24) is 20.2 Å². The van der Waals surface area contributed by atoms with E-state index in [4.69, 9.17) is 10.5 Å². The molecule has 0 aliphatic carbocycles. The minimum Gasteiger partial charge on any atom is -0.496 e. The van der Waals surface area contributed by atoms with Gasteiger partial charge in [-0.1, -0.05) is 13.8 Å². The van der Waals surface area contributed by atoms with Crippen LogP contribution in [0.4, 0.5) is 5.69 Å². The Bertz CT molecular complexity index is 550. The van der Waals surface area contributed by atoms with Gasteiger partial charge in [0.15, 0.2) is 5.82 Å². The maximum absolute atomic E-state index is 5.75. The summed E-state index contributed by atoms with van der Waals surface area (Å²) >= 11 is 0. The molecule has 0 fully saturated rings. The van der Waals surface area contributed by atoms with Crippen molar-refractivity contribution >= 4 is 5.69 Å². The van der Waals surface area contributed by atoms with Crippen molar-refractivity contribution in [3.8, 4) is 17.1 Å². The van der Waals surface area contributed by atoms with E-state index in [1.807, 2.05) is 12.1 Å². The van der Waals surface area contributed by atoms with Crippen molar-refractivity contribution in [2.24, 2.45) is 5.92 Å². The highest BCUT2D eigenvalue weighted by molar-refractivity contribution is 5.67. The zero-order valence-corrected chi connectivity index (χ0v) is 11.5. The van der Waals surface area contributed by atoms with Crippen molar-refractivity contribution < 1.29 is 4.74 Å². The number of hydrogen-bond acceptors (Lipinski definition) is 5. The molecule has 2 N–H and O–H groups in total. The van der Waals surface area contributed by atoms with Crippen LogP contribution in [0.5, 0.6) is 5.75 Å². The highest BCUT2D eigenvalue weighted by atomic mass is 16.5. The third-order valence-corrected chi connectivity index (χ3v) is 2.92. The van der Waals surface area contributed by atoms with Gasteiger partial charge in [-0.2, -0.15) is 0 Å². The van der Waals surface area contributed by atoms with Crippen molar-refractivity contribution in [3.63, 3.8) is 0 Å². The normalized spacial score (nSPS) is 10.9. The molecule has 0 saturated carbocycles. The second-order valence-electron chi connectivity index (χ2n) is 4.87. The van der Waals surface area contributed by atoms with Gasteiger partial charge in [0.2, 0.25) is 0 Å². The van der Waals surface area contributed by atoms with Gasteiger partial charge in [-0.3, -0.25) is 0 Å². The van der Waals surface area contributed by atoms with Crippen LogP contribution in [-0.2, 0) is 6.54 Å². The second kappa shape index (κ2) is 5.69. The molecule has 1 heterocycles. The molecule has 2 rings (SSSR count). The summed E-state index contributed by atoms with van der Waals surface area (Å²) in [6.07, 6.45) is 1.02. The summed E-state index contributed by atoms with van der Waals surface area (Å²) in [5.74, 6) is 1.99. The minimum atomic E-state index is 0.602. The molecule has 19 heavy (non-hydrogen) atoms.